The summed E-state index contributed by atoms with van der Waals surface area (Å²) in [6.45, 7) is 0. The Morgan fingerprint density at radius 2 is 2.00 bits per heavy atom. The molecule has 4 N–H and O–H groups in total. The molecule has 10 heteroatoms. The lowest BCUT2D eigenvalue weighted by Crippen LogP contribution is -2.41. The van der Waals surface area contributed by atoms with Gasteiger partial charge < -0.3 is 5.32 Å². The molecular formula is C7H8ClN3O4S2. The van der Waals surface area contributed by atoms with Gasteiger partial charge in [-0.2, -0.15) is 4.72 Å². The first-order valence-electron chi connectivity index (χ1n) is 4.30. The maximum absolute atomic E-state index is 11.7. The third kappa shape index (κ3) is 2.38. The highest BCUT2D eigenvalue weighted by Gasteiger charge is 2.29. The highest BCUT2D eigenvalue weighted by molar-refractivity contribution is 7.90. The van der Waals surface area contributed by atoms with E-state index in [9.17, 15) is 16.8 Å². The second-order valence-electron chi connectivity index (χ2n) is 3.33. The Labute approximate surface area is 103 Å². The summed E-state index contributed by atoms with van der Waals surface area (Å²) < 4.78 is 47.7. The maximum atomic E-state index is 11.7. The Morgan fingerprint density at radius 3 is 2.59 bits per heavy atom. The highest BCUT2D eigenvalue weighted by atomic mass is 35.5. The van der Waals surface area contributed by atoms with Gasteiger partial charge in [-0.05, 0) is 18.2 Å². The quantitative estimate of drug-likeness (QED) is 0.480. The number of anilines is 1. The predicted octanol–water partition coefficient (Wildman–Crippen LogP) is -0.440. The normalized spacial score (nSPS) is 22.6. The van der Waals surface area contributed by atoms with Crippen LogP contribution in [0.25, 0.3) is 0 Å². The molecular weight excluding hydrogens is 290 g/mol. The van der Waals surface area contributed by atoms with Crippen molar-refractivity contribution in [2.75, 3.05) is 5.32 Å². The minimum absolute atomic E-state index is 0.207. The summed E-state index contributed by atoms with van der Waals surface area (Å²) in [6.07, 6.45) is 0. The molecule has 2 rings (SSSR count). The van der Waals surface area contributed by atoms with Crippen LogP contribution in [0.2, 0.25) is 0 Å². The molecule has 0 bridgehead atoms. The molecule has 7 nitrogen and oxygen atoms in total. The molecule has 0 spiro atoms. The number of nitrogens with one attached hydrogen (secondary N) is 2. The number of hydrogen-bond acceptors (Lipinski definition) is 5. The van der Waals surface area contributed by atoms with Crippen molar-refractivity contribution in [3.05, 3.63) is 18.2 Å². The topological polar surface area (TPSA) is 118 Å². The smallest absolute Gasteiger partial charge is 0.245 e. The van der Waals surface area contributed by atoms with Crippen molar-refractivity contribution in [2.45, 2.75) is 15.4 Å². The van der Waals surface area contributed by atoms with E-state index in [-0.39, 0.29) is 15.5 Å². The number of hydrogen-bond donors (Lipinski definition) is 3. The van der Waals surface area contributed by atoms with E-state index >= 15 is 0 Å². The molecule has 1 unspecified atom stereocenters. The monoisotopic (exact) mass is 297 g/mol. The van der Waals surface area contributed by atoms with Crippen LogP contribution in [0.5, 0.6) is 0 Å². The highest BCUT2D eigenvalue weighted by Crippen LogP contribution is 2.28. The molecule has 0 saturated carbocycles. The number of alkyl halides is 1. The van der Waals surface area contributed by atoms with Gasteiger partial charge in [0.15, 0.2) is 5.62 Å². The first-order valence-corrected chi connectivity index (χ1v) is 7.76. The van der Waals surface area contributed by atoms with Crippen LogP contribution in [-0.2, 0) is 20.0 Å². The van der Waals surface area contributed by atoms with Crippen LogP contribution in [0.1, 0.15) is 0 Å². The summed E-state index contributed by atoms with van der Waals surface area (Å²) in [7, 11) is -7.79. The third-order valence-corrected chi connectivity index (χ3v) is 4.83. The van der Waals surface area contributed by atoms with Crippen LogP contribution in [0.15, 0.2) is 28.0 Å². The number of sulfonamides is 2. The van der Waals surface area contributed by atoms with Gasteiger partial charge >= 0.3 is 0 Å². The summed E-state index contributed by atoms with van der Waals surface area (Å²) in [5, 5.41) is 7.55. The van der Waals surface area contributed by atoms with Gasteiger partial charge in [-0.25, -0.2) is 22.0 Å². The van der Waals surface area contributed by atoms with Crippen molar-refractivity contribution >= 4 is 37.3 Å². The average Bonchev–Trinajstić information content (AvgIpc) is 2.13. The molecule has 0 aliphatic carbocycles. The number of halogens is 1. The standard InChI is InChI=1S/C7H8ClN3O4S2/c8-7-10-5-2-1-4(16(9,12)13)3-6(5)17(14,15)11-7/h1-3,7,10-11H,(H2,9,12,13). The van der Waals surface area contributed by atoms with E-state index in [4.69, 9.17) is 16.7 Å². The zero-order valence-electron chi connectivity index (χ0n) is 8.21. The largest absolute Gasteiger partial charge is 0.355 e. The third-order valence-electron chi connectivity index (χ3n) is 2.11. The first-order chi connectivity index (χ1) is 7.70. The van der Waals surface area contributed by atoms with Crippen molar-refractivity contribution in [2.24, 2.45) is 5.14 Å². The van der Waals surface area contributed by atoms with E-state index in [1.165, 1.54) is 12.1 Å². The molecule has 94 valence electrons. The minimum Gasteiger partial charge on any atom is -0.355 e. The van der Waals surface area contributed by atoms with Gasteiger partial charge in [0, 0.05) is 0 Å². The number of benzene rings is 1. The molecule has 0 fully saturated rings. The summed E-state index contributed by atoms with van der Waals surface area (Å²) in [6, 6.07) is 3.47. The Balaban J connectivity index is 2.68. The fourth-order valence-electron chi connectivity index (χ4n) is 1.39. The van der Waals surface area contributed by atoms with E-state index in [0.29, 0.717) is 0 Å². The second kappa shape index (κ2) is 3.82. The Morgan fingerprint density at radius 1 is 1.35 bits per heavy atom. The van der Waals surface area contributed by atoms with Gasteiger partial charge in [0.2, 0.25) is 20.0 Å². The van der Waals surface area contributed by atoms with Gasteiger partial charge in [0.05, 0.1) is 10.6 Å². The number of fused-ring (bicyclic) bond motifs is 1. The molecule has 0 amide bonds. The van der Waals surface area contributed by atoms with Gasteiger partial charge in [-0.15, -0.1) is 0 Å². The van der Waals surface area contributed by atoms with E-state index in [1.807, 2.05) is 0 Å². The molecule has 0 radical (unpaired) electrons. The molecule has 1 aromatic carbocycles. The molecule has 1 heterocycles. The van der Waals surface area contributed by atoms with Crippen LogP contribution in [0.3, 0.4) is 0 Å². The minimum atomic E-state index is -3.95. The number of primary sulfonamides is 1. The zero-order valence-corrected chi connectivity index (χ0v) is 10.6. The number of rotatable bonds is 1. The molecule has 1 aromatic rings. The Hall–Kier alpha value is -0.870. The molecule has 1 aliphatic heterocycles. The van der Waals surface area contributed by atoms with E-state index in [2.05, 4.69) is 10.0 Å². The summed E-state index contributed by atoms with van der Waals surface area (Å²) in [4.78, 5) is -0.489. The van der Waals surface area contributed by atoms with Crippen LogP contribution in [0, 0.1) is 0 Å². The molecule has 0 aromatic heterocycles. The van der Waals surface area contributed by atoms with Crippen molar-refractivity contribution in [3.63, 3.8) is 0 Å². The molecule has 1 aliphatic rings. The van der Waals surface area contributed by atoms with Crippen molar-refractivity contribution in [1.82, 2.24) is 4.72 Å². The van der Waals surface area contributed by atoms with Gasteiger partial charge in [0.1, 0.15) is 4.90 Å². The van der Waals surface area contributed by atoms with E-state index in [1.54, 1.807) is 0 Å². The maximum Gasteiger partial charge on any atom is 0.245 e. The van der Waals surface area contributed by atoms with Crippen molar-refractivity contribution < 1.29 is 16.8 Å². The lowest BCUT2D eigenvalue weighted by molar-refractivity contribution is 0.577. The summed E-state index contributed by atoms with van der Waals surface area (Å²) in [5.74, 6) is 0. The van der Waals surface area contributed by atoms with Crippen molar-refractivity contribution in [1.29, 1.82) is 0 Å². The van der Waals surface area contributed by atoms with Crippen molar-refractivity contribution in [3.8, 4) is 0 Å². The van der Waals surface area contributed by atoms with Crippen LogP contribution in [-0.4, -0.2) is 22.5 Å². The van der Waals surface area contributed by atoms with Gasteiger partial charge in [-0.3, -0.25) is 0 Å². The Kier molecular flexibility index (Phi) is 2.83. The average molecular weight is 298 g/mol. The van der Waals surface area contributed by atoms with Crippen LogP contribution >= 0.6 is 11.6 Å². The second-order valence-corrected chi connectivity index (χ2v) is 7.01. The SMILES string of the molecule is NS(=O)(=O)c1ccc2c(c1)S(=O)(=O)NC(Cl)N2. The van der Waals surface area contributed by atoms with Gasteiger partial charge in [-0.1, -0.05) is 11.6 Å². The van der Waals surface area contributed by atoms with E-state index < -0.39 is 25.7 Å². The number of nitrogens with two attached hydrogens (primary N) is 1. The lowest BCUT2D eigenvalue weighted by Gasteiger charge is -2.23. The molecule has 17 heavy (non-hydrogen) atoms. The Bertz CT molecular complexity index is 670. The molecule has 0 saturated heterocycles. The fraction of sp³-hybridized carbons (Fsp3) is 0.143. The first kappa shape index (κ1) is 12.6. The lowest BCUT2D eigenvalue weighted by atomic mass is 10.3. The van der Waals surface area contributed by atoms with Crippen LogP contribution in [0.4, 0.5) is 5.69 Å². The summed E-state index contributed by atoms with van der Waals surface area (Å²) >= 11 is 5.61. The predicted molar refractivity (Wildman–Crippen MR) is 61.4 cm³/mol. The van der Waals surface area contributed by atoms with Crippen LogP contribution < -0.4 is 15.2 Å². The fourth-order valence-corrected chi connectivity index (χ4v) is 3.63. The van der Waals surface area contributed by atoms with Gasteiger partial charge in [0.25, 0.3) is 0 Å². The zero-order chi connectivity index (χ0) is 12.8. The molecule has 1 atom stereocenters. The summed E-state index contributed by atoms with van der Waals surface area (Å²) in [5.41, 5.74) is -0.760. The van der Waals surface area contributed by atoms with E-state index in [0.717, 1.165) is 6.07 Å².